The number of nitrogens with zero attached hydrogens (tertiary/aromatic N) is 2. The summed E-state index contributed by atoms with van der Waals surface area (Å²) >= 11 is 5.77. The molecule has 0 aliphatic rings. The molecule has 5 heteroatoms. The fourth-order valence-corrected chi connectivity index (χ4v) is 1.34. The van der Waals surface area contributed by atoms with Crippen LogP contribution in [0.4, 0.5) is 0 Å². The van der Waals surface area contributed by atoms with E-state index >= 15 is 0 Å². The first-order valence-electron chi connectivity index (χ1n) is 3.83. The van der Waals surface area contributed by atoms with Crippen LogP contribution in [0.25, 0.3) is 10.9 Å². The van der Waals surface area contributed by atoms with Gasteiger partial charge in [-0.1, -0.05) is 17.7 Å². The fraction of sp³-hybridized carbons (Fsp3) is 0. The molecule has 0 radical (unpaired) electrons. The average molecular weight is 209 g/mol. The van der Waals surface area contributed by atoms with Crippen molar-refractivity contribution in [3.8, 4) is 0 Å². The summed E-state index contributed by atoms with van der Waals surface area (Å²) in [6.07, 6.45) is 1.55. The SMILES string of the molecule is O=C(O)c1ccc2ccnc(Cl)c2n1. The van der Waals surface area contributed by atoms with Gasteiger partial charge in [-0.05, 0) is 12.1 Å². The molecular weight excluding hydrogens is 204 g/mol. The highest BCUT2D eigenvalue weighted by Crippen LogP contribution is 2.18. The fourth-order valence-electron chi connectivity index (χ4n) is 1.13. The number of hydrogen-bond acceptors (Lipinski definition) is 3. The van der Waals surface area contributed by atoms with Crippen molar-refractivity contribution in [2.75, 3.05) is 0 Å². The lowest BCUT2D eigenvalue weighted by atomic mass is 10.2. The average Bonchev–Trinajstić information content (AvgIpc) is 2.18. The van der Waals surface area contributed by atoms with Crippen molar-refractivity contribution < 1.29 is 9.90 Å². The monoisotopic (exact) mass is 208 g/mol. The van der Waals surface area contributed by atoms with Crippen molar-refractivity contribution >= 4 is 28.5 Å². The van der Waals surface area contributed by atoms with Gasteiger partial charge in [0.05, 0.1) is 0 Å². The quantitative estimate of drug-likeness (QED) is 0.728. The lowest BCUT2D eigenvalue weighted by Crippen LogP contribution is -2.00. The maximum absolute atomic E-state index is 10.6. The van der Waals surface area contributed by atoms with Crippen LogP contribution in [-0.2, 0) is 0 Å². The number of carboxylic acid groups (broad SMARTS) is 1. The zero-order valence-corrected chi connectivity index (χ0v) is 7.69. The van der Waals surface area contributed by atoms with Crippen molar-refractivity contribution in [3.63, 3.8) is 0 Å². The smallest absolute Gasteiger partial charge is 0.354 e. The third kappa shape index (κ3) is 1.40. The van der Waals surface area contributed by atoms with Crippen molar-refractivity contribution in [3.05, 3.63) is 35.2 Å². The minimum atomic E-state index is -1.08. The van der Waals surface area contributed by atoms with Crippen LogP contribution in [0.3, 0.4) is 0 Å². The maximum Gasteiger partial charge on any atom is 0.354 e. The molecule has 0 spiro atoms. The van der Waals surface area contributed by atoms with Crippen molar-refractivity contribution in [1.82, 2.24) is 9.97 Å². The molecule has 0 aliphatic heterocycles. The Balaban J connectivity index is 2.76. The summed E-state index contributed by atoms with van der Waals surface area (Å²) < 4.78 is 0. The second-order valence-corrected chi connectivity index (χ2v) is 3.03. The zero-order valence-electron chi connectivity index (χ0n) is 6.94. The Labute approximate surface area is 84.2 Å². The summed E-state index contributed by atoms with van der Waals surface area (Å²) in [5, 5.41) is 9.70. The van der Waals surface area contributed by atoms with Gasteiger partial charge in [0.15, 0.2) is 5.15 Å². The minimum absolute atomic E-state index is 0.0348. The second kappa shape index (κ2) is 3.23. The first kappa shape index (κ1) is 8.90. The Morgan fingerprint density at radius 1 is 1.36 bits per heavy atom. The minimum Gasteiger partial charge on any atom is -0.477 e. The number of carbonyl (C=O) groups is 1. The topological polar surface area (TPSA) is 63.1 Å². The van der Waals surface area contributed by atoms with E-state index in [2.05, 4.69) is 9.97 Å². The highest BCUT2D eigenvalue weighted by atomic mass is 35.5. The molecule has 2 heterocycles. The van der Waals surface area contributed by atoms with E-state index < -0.39 is 5.97 Å². The Kier molecular flexibility index (Phi) is 2.05. The maximum atomic E-state index is 10.6. The molecule has 70 valence electrons. The third-order valence-electron chi connectivity index (χ3n) is 1.78. The number of pyridine rings is 2. The number of rotatable bonds is 1. The number of halogens is 1. The molecule has 2 aromatic rings. The summed E-state index contributed by atoms with van der Waals surface area (Å²) in [4.78, 5) is 18.3. The highest BCUT2D eigenvalue weighted by molar-refractivity contribution is 6.33. The van der Waals surface area contributed by atoms with E-state index in [1.165, 1.54) is 6.07 Å². The van der Waals surface area contributed by atoms with Crippen molar-refractivity contribution in [1.29, 1.82) is 0 Å². The van der Waals surface area contributed by atoms with Gasteiger partial charge in [0, 0.05) is 11.6 Å². The van der Waals surface area contributed by atoms with E-state index in [0.717, 1.165) is 5.39 Å². The lowest BCUT2D eigenvalue weighted by Gasteiger charge is -1.99. The lowest BCUT2D eigenvalue weighted by molar-refractivity contribution is 0.0691. The molecule has 0 saturated carbocycles. The predicted octanol–water partition coefficient (Wildman–Crippen LogP) is 1.98. The van der Waals surface area contributed by atoms with Gasteiger partial charge in [0.1, 0.15) is 11.2 Å². The van der Waals surface area contributed by atoms with Gasteiger partial charge in [-0.15, -0.1) is 0 Å². The van der Waals surface area contributed by atoms with E-state index in [1.54, 1.807) is 18.3 Å². The molecule has 14 heavy (non-hydrogen) atoms. The predicted molar refractivity (Wildman–Crippen MR) is 51.5 cm³/mol. The molecule has 1 N–H and O–H groups in total. The van der Waals surface area contributed by atoms with Crippen LogP contribution in [0.2, 0.25) is 5.15 Å². The van der Waals surface area contributed by atoms with E-state index in [4.69, 9.17) is 16.7 Å². The molecule has 0 fully saturated rings. The van der Waals surface area contributed by atoms with Gasteiger partial charge < -0.3 is 5.11 Å². The Morgan fingerprint density at radius 3 is 2.86 bits per heavy atom. The summed E-state index contributed by atoms with van der Waals surface area (Å²) in [6.45, 7) is 0. The molecule has 0 unspecified atom stereocenters. The Hall–Kier alpha value is -1.68. The number of carboxylic acids is 1. The van der Waals surface area contributed by atoms with Crippen LogP contribution in [0.15, 0.2) is 24.4 Å². The van der Waals surface area contributed by atoms with Gasteiger partial charge in [0.2, 0.25) is 0 Å². The van der Waals surface area contributed by atoms with Crippen LogP contribution in [0, 0.1) is 0 Å². The number of aromatic nitrogens is 2. The van der Waals surface area contributed by atoms with Gasteiger partial charge in [-0.2, -0.15) is 0 Å². The number of hydrogen-bond donors (Lipinski definition) is 1. The normalized spacial score (nSPS) is 10.4. The first-order valence-corrected chi connectivity index (χ1v) is 4.21. The summed E-state index contributed by atoms with van der Waals surface area (Å²) in [6, 6.07) is 4.81. The van der Waals surface area contributed by atoms with Crippen LogP contribution in [0.5, 0.6) is 0 Å². The van der Waals surface area contributed by atoms with E-state index in [0.29, 0.717) is 5.52 Å². The largest absolute Gasteiger partial charge is 0.477 e. The van der Waals surface area contributed by atoms with E-state index in [-0.39, 0.29) is 10.8 Å². The van der Waals surface area contributed by atoms with Crippen LogP contribution in [0.1, 0.15) is 10.5 Å². The zero-order chi connectivity index (χ0) is 10.1. The molecule has 0 aliphatic carbocycles. The van der Waals surface area contributed by atoms with E-state index in [1.807, 2.05) is 0 Å². The summed E-state index contributed by atoms with van der Waals surface area (Å²) in [7, 11) is 0. The molecule has 2 aromatic heterocycles. The molecule has 0 atom stereocenters. The van der Waals surface area contributed by atoms with Crippen LogP contribution >= 0.6 is 11.6 Å². The third-order valence-corrected chi connectivity index (χ3v) is 2.06. The highest BCUT2D eigenvalue weighted by Gasteiger charge is 2.07. The molecule has 4 nitrogen and oxygen atoms in total. The summed E-state index contributed by atoms with van der Waals surface area (Å²) in [5.74, 6) is -1.08. The molecule has 0 aromatic carbocycles. The molecule has 2 rings (SSSR count). The van der Waals surface area contributed by atoms with Crippen molar-refractivity contribution in [2.45, 2.75) is 0 Å². The van der Waals surface area contributed by atoms with Gasteiger partial charge in [-0.25, -0.2) is 14.8 Å². The Morgan fingerprint density at radius 2 is 2.14 bits per heavy atom. The molecule has 0 bridgehead atoms. The van der Waals surface area contributed by atoms with Crippen LogP contribution < -0.4 is 0 Å². The number of fused-ring (bicyclic) bond motifs is 1. The molecule has 0 saturated heterocycles. The number of aromatic carboxylic acids is 1. The van der Waals surface area contributed by atoms with Gasteiger partial charge >= 0.3 is 5.97 Å². The van der Waals surface area contributed by atoms with E-state index in [9.17, 15) is 4.79 Å². The van der Waals surface area contributed by atoms with Gasteiger partial charge in [0.25, 0.3) is 0 Å². The summed E-state index contributed by atoms with van der Waals surface area (Å²) in [5.41, 5.74) is 0.376. The standard InChI is InChI=1S/C9H5ClN2O2/c10-8-7-5(3-4-11-8)1-2-6(12-7)9(13)14/h1-4H,(H,13,14). The Bertz CT molecular complexity index is 513. The molecule has 0 amide bonds. The van der Waals surface area contributed by atoms with Gasteiger partial charge in [-0.3, -0.25) is 0 Å². The van der Waals surface area contributed by atoms with Crippen LogP contribution in [-0.4, -0.2) is 21.0 Å². The van der Waals surface area contributed by atoms with Crippen molar-refractivity contribution in [2.24, 2.45) is 0 Å². The second-order valence-electron chi connectivity index (χ2n) is 2.68. The molecular formula is C9H5ClN2O2. The first-order chi connectivity index (χ1) is 6.68.